The molecular weight excluding hydrogens is 228 g/mol. The Bertz CT molecular complexity index is 286. The second kappa shape index (κ2) is 6.48. The maximum absolute atomic E-state index is 6.01. The average Bonchev–Trinajstić information content (AvgIpc) is 2.58. The standard InChI is InChI=1S/C11H19ClN2S/c1-8(2)13-6-9(3)14-7-11-10(12)4-5-15-11/h4-5,8-9,13-14H,6-7H2,1-3H3. The van der Waals surface area contributed by atoms with Crippen LogP contribution in [0.1, 0.15) is 25.6 Å². The van der Waals surface area contributed by atoms with E-state index in [0.717, 1.165) is 18.1 Å². The van der Waals surface area contributed by atoms with E-state index < -0.39 is 0 Å². The van der Waals surface area contributed by atoms with Gasteiger partial charge in [0.15, 0.2) is 0 Å². The Hall–Kier alpha value is -0.0900. The summed E-state index contributed by atoms with van der Waals surface area (Å²) in [5.41, 5.74) is 0. The van der Waals surface area contributed by atoms with Crippen LogP contribution in [-0.4, -0.2) is 18.6 Å². The van der Waals surface area contributed by atoms with Gasteiger partial charge in [0.1, 0.15) is 0 Å². The summed E-state index contributed by atoms with van der Waals surface area (Å²) in [6, 6.07) is 2.95. The van der Waals surface area contributed by atoms with E-state index >= 15 is 0 Å². The molecular formula is C11H19ClN2S. The lowest BCUT2D eigenvalue weighted by Crippen LogP contribution is -2.38. The van der Waals surface area contributed by atoms with Crippen LogP contribution >= 0.6 is 22.9 Å². The molecule has 0 aliphatic heterocycles. The van der Waals surface area contributed by atoms with E-state index in [2.05, 4.69) is 31.4 Å². The molecule has 0 bridgehead atoms. The first-order chi connectivity index (χ1) is 7.09. The number of rotatable bonds is 6. The van der Waals surface area contributed by atoms with Gasteiger partial charge in [0.2, 0.25) is 0 Å². The molecule has 0 aromatic carbocycles. The third-order valence-electron chi connectivity index (χ3n) is 2.13. The second-order valence-electron chi connectivity index (χ2n) is 4.04. The molecule has 0 saturated carbocycles. The van der Waals surface area contributed by atoms with E-state index in [1.54, 1.807) is 11.3 Å². The zero-order chi connectivity index (χ0) is 11.3. The van der Waals surface area contributed by atoms with E-state index in [4.69, 9.17) is 11.6 Å². The number of halogens is 1. The Balaban J connectivity index is 2.22. The summed E-state index contributed by atoms with van der Waals surface area (Å²) >= 11 is 7.71. The zero-order valence-corrected chi connectivity index (χ0v) is 11.1. The van der Waals surface area contributed by atoms with Gasteiger partial charge in [-0.15, -0.1) is 11.3 Å². The van der Waals surface area contributed by atoms with Crippen LogP contribution in [0.25, 0.3) is 0 Å². The SMILES string of the molecule is CC(C)NCC(C)NCc1sccc1Cl. The summed E-state index contributed by atoms with van der Waals surface area (Å²) in [6.07, 6.45) is 0. The number of hydrogen-bond donors (Lipinski definition) is 2. The minimum Gasteiger partial charge on any atom is -0.313 e. The molecule has 0 aliphatic rings. The summed E-state index contributed by atoms with van der Waals surface area (Å²) in [7, 11) is 0. The largest absolute Gasteiger partial charge is 0.313 e. The van der Waals surface area contributed by atoms with Crippen molar-refractivity contribution in [2.45, 2.75) is 39.4 Å². The molecule has 1 atom stereocenters. The lowest BCUT2D eigenvalue weighted by molar-refractivity contribution is 0.475. The van der Waals surface area contributed by atoms with Crippen molar-refractivity contribution in [1.29, 1.82) is 0 Å². The molecule has 1 aromatic rings. The van der Waals surface area contributed by atoms with Crippen LogP contribution in [0.15, 0.2) is 11.4 Å². The molecule has 0 aliphatic carbocycles. The molecule has 15 heavy (non-hydrogen) atoms. The van der Waals surface area contributed by atoms with Crippen LogP contribution in [0, 0.1) is 0 Å². The van der Waals surface area contributed by atoms with E-state index in [1.165, 1.54) is 4.88 Å². The number of thiophene rings is 1. The van der Waals surface area contributed by atoms with Gasteiger partial charge in [0.05, 0.1) is 5.02 Å². The van der Waals surface area contributed by atoms with Gasteiger partial charge in [-0.2, -0.15) is 0 Å². The van der Waals surface area contributed by atoms with Crippen molar-refractivity contribution in [3.05, 3.63) is 21.3 Å². The maximum atomic E-state index is 6.01. The third kappa shape index (κ3) is 4.98. The topological polar surface area (TPSA) is 24.1 Å². The summed E-state index contributed by atoms with van der Waals surface area (Å²) in [5, 5.41) is 9.74. The van der Waals surface area contributed by atoms with Gasteiger partial charge in [0.25, 0.3) is 0 Å². The Morgan fingerprint density at radius 2 is 2.07 bits per heavy atom. The van der Waals surface area contributed by atoms with Crippen molar-refractivity contribution in [3.63, 3.8) is 0 Å². The highest BCUT2D eigenvalue weighted by molar-refractivity contribution is 7.10. The van der Waals surface area contributed by atoms with Gasteiger partial charge >= 0.3 is 0 Å². The molecule has 0 radical (unpaired) electrons. The van der Waals surface area contributed by atoms with Gasteiger partial charge in [-0.3, -0.25) is 0 Å². The second-order valence-corrected chi connectivity index (χ2v) is 5.44. The molecule has 1 rings (SSSR count). The fourth-order valence-corrected chi connectivity index (χ4v) is 2.26. The molecule has 2 nitrogen and oxygen atoms in total. The van der Waals surface area contributed by atoms with Gasteiger partial charge in [-0.25, -0.2) is 0 Å². The Morgan fingerprint density at radius 3 is 2.60 bits per heavy atom. The van der Waals surface area contributed by atoms with Crippen molar-refractivity contribution in [3.8, 4) is 0 Å². The van der Waals surface area contributed by atoms with Gasteiger partial charge in [-0.05, 0) is 18.4 Å². The smallest absolute Gasteiger partial charge is 0.0558 e. The quantitative estimate of drug-likeness (QED) is 0.807. The van der Waals surface area contributed by atoms with Crippen molar-refractivity contribution in [1.82, 2.24) is 10.6 Å². The monoisotopic (exact) mass is 246 g/mol. The van der Waals surface area contributed by atoms with Crippen molar-refractivity contribution < 1.29 is 0 Å². The van der Waals surface area contributed by atoms with E-state index in [-0.39, 0.29) is 0 Å². The maximum Gasteiger partial charge on any atom is 0.0558 e. The first-order valence-corrected chi connectivity index (χ1v) is 6.54. The average molecular weight is 247 g/mol. The summed E-state index contributed by atoms with van der Waals surface area (Å²) in [5.74, 6) is 0. The van der Waals surface area contributed by atoms with Crippen LogP contribution in [0.4, 0.5) is 0 Å². The highest BCUT2D eigenvalue weighted by Gasteiger charge is 2.05. The summed E-state index contributed by atoms with van der Waals surface area (Å²) < 4.78 is 0. The van der Waals surface area contributed by atoms with E-state index in [1.807, 2.05) is 11.4 Å². The predicted molar refractivity (Wildman–Crippen MR) is 68.8 cm³/mol. The van der Waals surface area contributed by atoms with Crippen molar-refractivity contribution >= 4 is 22.9 Å². The highest BCUT2D eigenvalue weighted by atomic mass is 35.5. The molecule has 4 heteroatoms. The molecule has 1 unspecified atom stereocenters. The van der Waals surface area contributed by atoms with Crippen LogP contribution in [0.2, 0.25) is 5.02 Å². The Labute approximate surface area is 101 Å². The minimum absolute atomic E-state index is 0.463. The summed E-state index contributed by atoms with van der Waals surface area (Å²) in [4.78, 5) is 1.22. The van der Waals surface area contributed by atoms with Crippen molar-refractivity contribution in [2.75, 3.05) is 6.54 Å². The van der Waals surface area contributed by atoms with Gasteiger partial charge in [-0.1, -0.05) is 25.4 Å². The fourth-order valence-electron chi connectivity index (χ4n) is 1.20. The number of hydrogen-bond acceptors (Lipinski definition) is 3. The van der Waals surface area contributed by atoms with Gasteiger partial charge in [0, 0.05) is 30.1 Å². The van der Waals surface area contributed by atoms with E-state index in [0.29, 0.717) is 12.1 Å². The molecule has 2 N–H and O–H groups in total. The Kier molecular flexibility index (Phi) is 5.61. The molecule has 0 amide bonds. The molecule has 0 fully saturated rings. The normalized spacial score (nSPS) is 13.4. The predicted octanol–water partition coefficient (Wildman–Crippen LogP) is 2.88. The van der Waals surface area contributed by atoms with Crippen LogP contribution in [-0.2, 0) is 6.54 Å². The molecule has 1 heterocycles. The minimum atomic E-state index is 0.463. The first-order valence-electron chi connectivity index (χ1n) is 5.28. The Morgan fingerprint density at radius 1 is 1.33 bits per heavy atom. The highest BCUT2D eigenvalue weighted by Crippen LogP contribution is 2.21. The van der Waals surface area contributed by atoms with Crippen LogP contribution in [0.5, 0.6) is 0 Å². The third-order valence-corrected chi connectivity index (χ3v) is 3.52. The van der Waals surface area contributed by atoms with Crippen LogP contribution in [0.3, 0.4) is 0 Å². The molecule has 86 valence electrons. The molecule has 0 spiro atoms. The van der Waals surface area contributed by atoms with Crippen molar-refractivity contribution in [2.24, 2.45) is 0 Å². The van der Waals surface area contributed by atoms with Crippen LogP contribution < -0.4 is 10.6 Å². The summed E-state index contributed by atoms with van der Waals surface area (Å²) in [6.45, 7) is 8.33. The first kappa shape index (κ1) is 13.0. The lowest BCUT2D eigenvalue weighted by Gasteiger charge is -2.16. The van der Waals surface area contributed by atoms with E-state index in [9.17, 15) is 0 Å². The lowest BCUT2D eigenvalue weighted by atomic mass is 10.3. The van der Waals surface area contributed by atoms with Gasteiger partial charge < -0.3 is 10.6 Å². The molecule has 0 saturated heterocycles. The number of nitrogens with one attached hydrogen (secondary N) is 2. The zero-order valence-electron chi connectivity index (χ0n) is 9.51. The fraction of sp³-hybridized carbons (Fsp3) is 0.636. The molecule has 1 aromatic heterocycles.